The molecule has 19 heavy (non-hydrogen) atoms. The van der Waals surface area contributed by atoms with E-state index in [2.05, 4.69) is 46.5 Å². The summed E-state index contributed by atoms with van der Waals surface area (Å²) in [7, 11) is 0. The van der Waals surface area contributed by atoms with Gasteiger partial charge in [-0.15, -0.1) is 0 Å². The molecular weight excluding hydrogens is 234 g/mol. The van der Waals surface area contributed by atoms with Gasteiger partial charge in [-0.25, -0.2) is 0 Å². The average molecular weight is 263 g/mol. The summed E-state index contributed by atoms with van der Waals surface area (Å²) in [6.45, 7) is 15.2. The summed E-state index contributed by atoms with van der Waals surface area (Å²) in [5, 5.41) is 3.31. The van der Waals surface area contributed by atoms with E-state index in [1.165, 1.54) is 0 Å². The monoisotopic (exact) mass is 263 g/mol. The summed E-state index contributed by atoms with van der Waals surface area (Å²) in [5.74, 6) is 0.933. The van der Waals surface area contributed by atoms with Crippen LogP contribution >= 0.6 is 0 Å². The van der Waals surface area contributed by atoms with E-state index in [0.717, 1.165) is 24.3 Å². The second kappa shape index (κ2) is 10.6. The van der Waals surface area contributed by atoms with Gasteiger partial charge in [-0.3, -0.25) is 0 Å². The molecule has 0 aromatic heterocycles. The lowest BCUT2D eigenvalue weighted by Crippen LogP contribution is -2.29. The molecule has 0 fully saturated rings. The highest BCUT2D eigenvalue weighted by atomic mass is 16.5. The van der Waals surface area contributed by atoms with E-state index in [4.69, 9.17) is 4.74 Å². The lowest BCUT2D eigenvalue weighted by Gasteiger charge is -2.10. The quantitative estimate of drug-likeness (QED) is 0.815. The molecule has 1 aromatic rings. The number of ether oxygens (including phenoxy) is 1. The van der Waals surface area contributed by atoms with Gasteiger partial charge in [-0.05, 0) is 24.1 Å². The van der Waals surface area contributed by atoms with Crippen molar-refractivity contribution in [2.24, 2.45) is 0 Å². The third-order valence-electron chi connectivity index (χ3n) is 2.26. The lowest BCUT2D eigenvalue weighted by molar-refractivity contribution is 0.317. The number of nitrogens with one attached hydrogen (secondary N) is 1. The fraction of sp³-hybridized carbons (Fsp3) is 0.529. The molecule has 108 valence electrons. The first-order valence-corrected chi connectivity index (χ1v) is 7.10. The van der Waals surface area contributed by atoms with E-state index in [-0.39, 0.29) is 0 Å². The normalized spacial score (nSPS) is 10.1. The average Bonchev–Trinajstić information content (AvgIpc) is 2.36. The van der Waals surface area contributed by atoms with Crippen LogP contribution in [0.5, 0.6) is 5.75 Å². The van der Waals surface area contributed by atoms with Crippen LogP contribution in [0.2, 0.25) is 0 Å². The zero-order chi connectivity index (χ0) is 14.7. The molecule has 0 saturated heterocycles. The van der Waals surface area contributed by atoms with Crippen LogP contribution in [0.4, 0.5) is 0 Å². The third kappa shape index (κ3) is 10.3. The number of benzene rings is 1. The van der Waals surface area contributed by atoms with Crippen LogP contribution in [0.3, 0.4) is 0 Å². The summed E-state index contributed by atoms with van der Waals surface area (Å²) < 4.78 is 5.42. The van der Waals surface area contributed by atoms with Crippen molar-refractivity contribution in [2.45, 2.75) is 53.1 Å². The topological polar surface area (TPSA) is 21.3 Å². The molecule has 0 spiro atoms. The van der Waals surface area contributed by atoms with Crippen molar-refractivity contribution in [1.29, 1.82) is 0 Å². The summed E-state index contributed by atoms with van der Waals surface area (Å²) >= 11 is 0. The third-order valence-corrected chi connectivity index (χ3v) is 2.26. The van der Waals surface area contributed by atoms with Crippen LogP contribution in [-0.4, -0.2) is 18.7 Å². The highest BCUT2D eigenvalue weighted by Crippen LogP contribution is 2.12. The molecule has 1 N–H and O–H groups in total. The maximum Gasteiger partial charge on any atom is 0.119 e. The minimum absolute atomic E-state index is 0.625. The zero-order valence-electron chi connectivity index (χ0n) is 13.1. The zero-order valence-corrected chi connectivity index (χ0v) is 13.1. The van der Waals surface area contributed by atoms with Crippen LogP contribution in [0, 0.1) is 0 Å². The van der Waals surface area contributed by atoms with Gasteiger partial charge in [0.2, 0.25) is 0 Å². The summed E-state index contributed by atoms with van der Waals surface area (Å²) in [6, 6.07) is 9.18. The van der Waals surface area contributed by atoms with Crippen LogP contribution in [-0.2, 0) is 0 Å². The van der Waals surface area contributed by atoms with Gasteiger partial charge in [-0.1, -0.05) is 59.4 Å². The second-order valence-corrected chi connectivity index (χ2v) is 5.10. The molecular formula is C17H29NO. The molecule has 0 aliphatic rings. The van der Waals surface area contributed by atoms with Crippen molar-refractivity contribution in [2.75, 3.05) is 6.61 Å². The molecule has 0 atom stereocenters. The Bertz CT molecular complexity index is 322. The molecule has 0 amide bonds. The molecule has 1 rings (SSSR count). The summed E-state index contributed by atoms with van der Waals surface area (Å²) in [6.07, 6.45) is 2.87. The molecule has 0 saturated carbocycles. The Balaban J connectivity index is 0.000000399. The minimum atomic E-state index is 0.625. The molecule has 0 aliphatic carbocycles. The van der Waals surface area contributed by atoms with E-state index in [1.54, 1.807) is 0 Å². The highest BCUT2D eigenvalue weighted by molar-refractivity contribution is 5.48. The van der Waals surface area contributed by atoms with Crippen LogP contribution in [0.1, 0.15) is 46.6 Å². The maximum atomic E-state index is 5.42. The first-order valence-electron chi connectivity index (χ1n) is 7.10. The Morgan fingerprint density at radius 2 is 1.63 bits per heavy atom. The summed E-state index contributed by atoms with van der Waals surface area (Å²) in [5.41, 5.74) is 1.12. The van der Waals surface area contributed by atoms with Crippen molar-refractivity contribution in [3.05, 3.63) is 36.4 Å². The molecule has 0 heterocycles. The standard InChI is InChI=1S/C11H14O.C6H15N/c1-3-9-12-11-7-5-10(4-2)6-8-11;1-5(2)7-6(3)4/h4-8H,2-3,9H2,1H3;5-7H,1-4H3. The molecule has 0 bridgehead atoms. The van der Waals surface area contributed by atoms with Gasteiger partial charge < -0.3 is 10.1 Å². The van der Waals surface area contributed by atoms with Crippen molar-refractivity contribution in [3.63, 3.8) is 0 Å². The molecule has 0 aliphatic heterocycles. The fourth-order valence-corrected chi connectivity index (χ4v) is 1.59. The Morgan fingerprint density at radius 1 is 1.11 bits per heavy atom. The number of rotatable bonds is 6. The van der Waals surface area contributed by atoms with Gasteiger partial charge in [0.15, 0.2) is 0 Å². The molecule has 1 aromatic carbocycles. The predicted octanol–water partition coefficient (Wildman–Crippen LogP) is 4.51. The SMILES string of the molecule is C=Cc1ccc(OCCC)cc1.CC(C)NC(C)C. The maximum absolute atomic E-state index is 5.42. The van der Waals surface area contributed by atoms with E-state index in [9.17, 15) is 0 Å². The van der Waals surface area contributed by atoms with Gasteiger partial charge >= 0.3 is 0 Å². The highest BCUT2D eigenvalue weighted by Gasteiger charge is 1.92. The van der Waals surface area contributed by atoms with Crippen LogP contribution in [0.25, 0.3) is 6.08 Å². The largest absolute Gasteiger partial charge is 0.494 e. The Labute approximate surface area is 118 Å². The van der Waals surface area contributed by atoms with E-state index >= 15 is 0 Å². The van der Waals surface area contributed by atoms with E-state index in [0.29, 0.717) is 12.1 Å². The van der Waals surface area contributed by atoms with E-state index in [1.807, 2.05) is 30.3 Å². The summed E-state index contributed by atoms with van der Waals surface area (Å²) in [4.78, 5) is 0. The van der Waals surface area contributed by atoms with Gasteiger partial charge in [0.05, 0.1) is 6.61 Å². The van der Waals surface area contributed by atoms with Crippen LogP contribution in [0.15, 0.2) is 30.8 Å². The Hall–Kier alpha value is -1.28. The van der Waals surface area contributed by atoms with Crippen molar-refractivity contribution in [3.8, 4) is 5.75 Å². The lowest BCUT2D eigenvalue weighted by atomic mass is 10.2. The van der Waals surface area contributed by atoms with Gasteiger partial charge in [-0.2, -0.15) is 0 Å². The predicted molar refractivity (Wildman–Crippen MR) is 85.7 cm³/mol. The van der Waals surface area contributed by atoms with E-state index < -0.39 is 0 Å². The Morgan fingerprint density at radius 3 is 1.95 bits per heavy atom. The molecule has 0 unspecified atom stereocenters. The van der Waals surface area contributed by atoms with Crippen molar-refractivity contribution >= 4 is 6.08 Å². The molecule has 0 radical (unpaired) electrons. The van der Waals surface area contributed by atoms with Crippen molar-refractivity contribution < 1.29 is 4.74 Å². The number of hydrogen-bond acceptors (Lipinski definition) is 2. The fourth-order valence-electron chi connectivity index (χ4n) is 1.59. The smallest absolute Gasteiger partial charge is 0.119 e. The van der Waals surface area contributed by atoms with Gasteiger partial charge in [0.25, 0.3) is 0 Å². The number of hydrogen-bond donors (Lipinski definition) is 1. The molecule has 2 nitrogen and oxygen atoms in total. The molecule has 2 heteroatoms. The first kappa shape index (κ1) is 17.7. The first-order chi connectivity index (χ1) is 8.99. The van der Waals surface area contributed by atoms with Crippen molar-refractivity contribution in [1.82, 2.24) is 5.32 Å². The van der Waals surface area contributed by atoms with Gasteiger partial charge in [0.1, 0.15) is 5.75 Å². The van der Waals surface area contributed by atoms with Crippen LogP contribution < -0.4 is 10.1 Å². The second-order valence-electron chi connectivity index (χ2n) is 5.10. The van der Waals surface area contributed by atoms with Gasteiger partial charge in [0, 0.05) is 12.1 Å². The Kier molecular flexibility index (Phi) is 9.91. The minimum Gasteiger partial charge on any atom is -0.494 e.